The van der Waals surface area contributed by atoms with Crippen LogP contribution in [0, 0.1) is 22.7 Å². The first-order chi connectivity index (χ1) is 11.6. The van der Waals surface area contributed by atoms with E-state index in [2.05, 4.69) is 33.8 Å². The minimum absolute atomic E-state index is 0.0489. The summed E-state index contributed by atoms with van der Waals surface area (Å²) in [6.45, 7) is 12.5. The average molecular weight is 344 g/mol. The van der Waals surface area contributed by atoms with Crippen molar-refractivity contribution < 1.29 is 14.3 Å². The fraction of sp³-hybridized carbons (Fsp3) is 0.636. The predicted octanol–water partition coefficient (Wildman–Crippen LogP) is 5.03. The summed E-state index contributed by atoms with van der Waals surface area (Å²) in [6, 6.07) is 0. The zero-order valence-corrected chi connectivity index (χ0v) is 16.7. The summed E-state index contributed by atoms with van der Waals surface area (Å²) in [7, 11) is 1.56. The van der Waals surface area contributed by atoms with Gasteiger partial charge in [-0.05, 0) is 58.3 Å². The van der Waals surface area contributed by atoms with Crippen LogP contribution in [0.2, 0.25) is 0 Å². The predicted molar refractivity (Wildman–Crippen MR) is 101 cm³/mol. The van der Waals surface area contributed by atoms with Crippen LogP contribution >= 0.6 is 0 Å². The van der Waals surface area contributed by atoms with E-state index >= 15 is 0 Å². The summed E-state index contributed by atoms with van der Waals surface area (Å²) in [6.07, 6.45) is 7.86. The van der Waals surface area contributed by atoms with Gasteiger partial charge in [0.05, 0.1) is 18.4 Å². The quantitative estimate of drug-likeness (QED) is 0.519. The Hall–Kier alpha value is -1.64. The van der Waals surface area contributed by atoms with E-state index in [0.717, 1.165) is 12.0 Å². The molecular formula is C22H32O3. The highest BCUT2D eigenvalue weighted by atomic mass is 16.5. The fourth-order valence-corrected chi connectivity index (χ4v) is 4.31. The Morgan fingerprint density at radius 3 is 2.28 bits per heavy atom. The number of ketones is 2. The molecule has 3 heteroatoms. The number of methoxy groups -OCH3 is 1. The summed E-state index contributed by atoms with van der Waals surface area (Å²) in [5.74, 6) is 0.423. The largest absolute Gasteiger partial charge is 0.500 e. The topological polar surface area (TPSA) is 43.4 Å². The van der Waals surface area contributed by atoms with Gasteiger partial charge in [0.25, 0.3) is 0 Å². The third-order valence-corrected chi connectivity index (χ3v) is 6.06. The maximum absolute atomic E-state index is 13.4. The van der Waals surface area contributed by atoms with Crippen LogP contribution in [-0.4, -0.2) is 18.7 Å². The van der Waals surface area contributed by atoms with Crippen molar-refractivity contribution in [2.24, 2.45) is 22.7 Å². The second-order valence-electron chi connectivity index (χ2n) is 8.72. The van der Waals surface area contributed by atoms with Gasteiger partial charge in [-0.3, -0.25) is 9.59 Å². The summed E-state index contributed by atoms with van der Waals surface area (Å²) in [4.78, 5) is 26.4. The molecule has 0 unspecified atom stereocenters. The van der Waals surface area contributed by atoms with Gasteiger partial charge >= 0.3 is 0 Å². The van der Waals surface area contributed by atoms with Gasteiger partial charge in [-0.15, -0.1) is 0 Å². The molecule has 0 spiro atoms. The van der Waals surface area contributed by atoms with Gasteiger partial charge in [0.1, 0.15) is 5.76 Å². The Balaban J connectivity index is 2.57. The highest BCUT2D eigenvalue weighted by Crippen LogP contribution is 2.58. The maximum Gasteiger partial charge on any atom is 0.172 e. The molecule has 2 aliphatic carbocycles. The first-order valence-corrected chi connectivity index (χ1v) is 9.17. The number of fused-ring (bicyclic) bond motifs is 2. The molecule has 0 aromatic rings. The Bertz CT molecular complexity index is 655. The molecule has 1 saturated carbocycles. The van der Waals surface area contributed by atoms with Crippen molar-refractivity contribution in [1.29, 1.82) is 0 Å². The van der Waals surface area contributed by atoms with E-state index in [-0.39, 0.29) is 28.8 Å². The zero-order valence-electron chi connectivity index (χ0n) is 16.7. The number of Topliss-reactive ketones (excluding diaryl/α,β-unsaturated/α-hetero) is 1. The van der Waals surface area contributed by atoms with Crippen LogP contribution in [0.25, 0.3) is 0 Å². The number of hydrogen-bond donors (Lipinski definition) is 0. The molecule has 0 aliphatic heterocycles. The van der Waals surface area contributed by atoms with Crippen LogP contribution in [0.15, 0.2) is 35.1 Å². The normalized spacial score (nSPS) is 30.4. The lowest BCUT2D eigenvalue weighted by Gasteiger charge is -2.53. The monoisotopic (exact) mass is 344 g/mol. The lowest BCUT2D eigenvalue weighted by molar-refractivity contribution is -0.156. The first kappa shape index (κ1) is 19.7. The summed E-state index contributed by atoms with van der Waals surface area (Å²) in [5.41, 5.74) is 1.25. The van der Waals surface area contributed by atoms with Crippen molar-refractivity contribution in [3.05, 3.63) is 35.1 Å². The van der Waals surface area contributed by atoms with Gasteiger partial charge in [-0.1, -0.05) is 37.1 Å². The highest BCUT2D eigenvalue weighted by Gasteiger charge is 2.62. The van der Waals surface area contributed by atoms with Crippen molar-refractivity contribution in [2.45, 2.75) is 60.8 Å². The summed E-state index contributed by atoms with van der Waals surface area (Å²) >= 11 is 0. The number of hydrogen-bond acceptors (Lipinski definition) is 3. The average Bonchev–Trinajstić information content (AvgIpc) is 2.50. The lowest BCUT2D eigenvalue weighted by Crippen LogP contribution is -2.58. The molecule has 2 aliphatic rings. The molecule has 1 fully saturated rings. The molecule has 2 rings (SSSR count). The van der Waals surface area contributed by atoms with E-state index < -0.39 is 5.41 Å². The second kappa shape index (κ2) is 6.93. The molecule has 2 bridgehead atoms. The number of carbonyl (C=O) groups excluding carboxylic acids is 2. The highest BCUT2D eigenvalue weighted by molar-refractivity contribution is 6.16. The van der Waals surface area contributed by atoms with Gasteiger partial charge in [-0.25, -0.2) is 0 Å². The van der Waals surface area contributed by atoms with Crippen LogP contribution in [0.4, 0.5) is 0 Å². The third-order valence-electron chi connectivity index (χ3n) is 6.06. The molecule has 25 heavy (non-hydrogen) atoms. The van der Waals surface area contributed by atoms with Gasteiger partial charge in [-0.2, -0.15) is 0 Å². The number of carbonyl (C=O) groups is 2. The van der Waals surface area contributed by atoms with E-state index in [0.29, 0.717) is 18.6 Å². The molecule has 0 aromatic heterocycles. The van der Waals surface area contributed by atoms with Gasteiger partial charge < -0.3 is 4.74 Å². The van der Waals surface area contributed by atoms with Crippen LogP contribution in [0.1, 0.15) is 60.8 Å². The van der Waals surface area contributed by atoms with E-state index in [1.165, 1.54) is 5.57 Å². The van der Waals surface area contributed by atoms with Crippen molar-refractivity contribution in [2.75, 3.05) is 7.11 Å². The number of rotatable bonds is 5. The molecular weight excluding hydrogens is 312 g/mol. The van der Waals surface area contributed by atoms with E-state index in [4.69, 9.17) is 4.74 Å². The van der Waals surface area contributed by atoms with E-state index in [1.54, 1.807) is 13.2 Å². The van der Waals surface area contributed by atoms with Crippen LogP contribution < -0.4 is 0 Å². The zero-order chi connectivity index (χ0) is 19.0. The fourth-order valence-electron chi connectivity index (χ4n) is 4.31. The lowest BCUT2D eigenvalue weighted by atomic mass is 9.48. The molecule has 0 amide bonds. The Kier molecular flexibility index (Phi) is 5.46. The number of allylic oxidation sites excluding steroid dienone is 6. The summed E-state index contributed by atoms with van der Waals surface area (Å²) < 4.78 is 5.49. The number of ether oxygens (including phenoxy) is 1. The molecule has 3 atom stereocenters. The third kappa shape index (κ3) is 3.38. The first-order valence-electron chi connectivity index (χ1n) is 9.17. The SMILES string of the molecule is COC1=CC(=O)[C@]2(CC=C(C)C)C[C@@H](CC=C(C)C)C(C)(C)[C@H]1C2=O. The minimum Gasteiger partial charge on any atom is -0.500 e. The molecule has 0 heterocycles. The molecule has 0 saturated heterocycles. The van der Waals surface area contributed by atoms with Gasteiger partial charge in [0.15, 0.2) is 11.6 Å². The minimum atomic E-state index is -0.917. The van der Waals surface area contributed by atoms with Gasteiger partial charge in [0.2, 0.25) is 0 Å². The smallest absolute Gasteiger partial charge is 0.172 e. The van der Waals surface area contributed by atoms with Crippen molar-refractivity contribution >= 4 is 11.6 Å². The molecule has 0 N–H and O–H groups in total. The van der Waals surface area contributed by atoms with Crippen molar-refractivity contribution in [1.82, 2.24) is 0 Å². The van der Waals surface area contributed by atoms with Crippen LogP contribution in [0.3, 0.4) is 0 Å². The van der Waals surface area contributed by atoms with E-state index in [1.807, 2.05) is 19.9 Å². The standard InChI is InChI=1S/C22H32O3/c1-14(2)8-9-16-13-22(11-10-15(3)4)18(23)12-17(25-7)19(20(22)24)21(16,5)6/h8,10,12,16,19H,9,11,13H2,1-7H3/t16-,19-,22+/m1/s1. The Labute approximate surface area is 152 Å². The van der Waals surface area contributed by atoms with Crippen molar-refractivity contribution in [3.63, 3.8) is 0 Å². The van der Waals surface area contributed by atoms with Crippen molar-refractivity contribution in [3.8, 4) is 0 Å². The molecule has 0 radical (unpaired) electrons. The molecule has 0 aromatic carbocycles. The maximum atomic E-state index is 13.4. The molecule has 138 valence electrons. The Morgan fingerprint density at radius 2 is 1.76 bits per heavy atom. The van der Waals surface area contributed by atoms with Crippen LogP contribution in [-0.2, 0) is 14.3 Å². The van der Waals surface area contributed by atoms with E-state index in [9.17, 15) is 9.59 Å². The van der Waals surface area contributed by atoms with Crippen LogP contribution in [0.5, 0.6) is 0 Å². The Morgan fingerprint density at radius 1 is 1.16 bits per heavy atom. The second-order valence-corrected chi connectivity index (χ2v) is 8.72. The van der Waals surface area contributed by atoms with Gasteiger partial charge in [0, 0.05) is 6.08 Å². The summed E-state index contributed by atoms with van der Waals surface area (Å²) in [5, 5.41) is 0. The molecule has 3 nitrogen and oxygen atoms in total.